The standard InChI is InChI=1S/C13H11BrN4/c14-10-5-7-11(8-6-10)15-9-18-13-4-2-1-3-12(13)16-17-18/h1-8,15H,9H2. The van der Waals surface area contributed by atoms with Crippen molar-refractivity contribution in [1.29, 1.82) is 0 Å². The summed E-state index contributed by atoms with van der Waals surface area (Å²) >= 11 is 3.41. The zero-order chi connectivity index (χ0) is 12.4. The first kappa shape index (κ1) is 11.2. The summed E-state index contributed by atoms with van der Waals surface area (Å²) in [7, 11) is 0. The maximum Gasteiger partial charge on any atom is 0.113 e. The number of nitrogens with one attached hydrogen (secondary N) is 1. The van der Waals surface area contributed by atoms with E-state index < -0.39 is 0 Å². The highest BCUT2D eigenvalue weighted by molar-refractivity contribution is 9.10. The largest absolute Gasteiger partial charge is 0.366 e. The number of hydrogen-bond acceptors (Lipinski definition) is 3. The van der Waals surface area contributed by atoms with Crippen molar-refractivity contribution in [3.63, 3.8) is 0 Å². The van der Waals surface area contributed by atoms with E-state index in [2.05, 4.69) is 31.6 Å². The monoisotopic (exact) mass is 302 g/mol. The van der Waals surface area contributed by atoms with Gasteiger partial charge in [-0.05, 0) is 36.4 Å². The van der Waals surface area contributed by atoms with Crippen LogP contribution in [0.4, 0.5) is 5.69 Å². The molecule has 0 unspecified atom stereocenters. The van der Waals surface area contributed by atoms with E-state index in [9.17, 15) is 0 Å². The fourth-order valence-corrected chi connectivity index (χ4v) is 2.03. The molecule has 0 saturated heterocycles. The molecule has 4 nitrogen and oxygen atoms in total. The maximum atomic E-state index is 4.12. The lowest BCUT2D eigenvalue weighted by molar-refractivity contribution is 0.655. The summed E-state index contributed by atoms with van der Waals surface area (Å²) in [6, 6.07) is 16.0. The van der Waals surface area contributed by atoms with E-state index in [0.29, 0.717) is 6.67 Å². The van der Waals surface area contributed by atoms with E-state index in [-0.39, 0.29) is 0 Å². The Bertz CT molecular complexity index is 660. The minimum absolute atomic E-state index is 0.599. The molecule has 0 bridgehead atoms. The van der Waals surface area contributed by atoms with Gasteiger partial charge in [-0.1, -0.05) is 33.3 Å². The second-order valence-electron chi connectivity index (χ2n) is 3.92. The summed E-state index contributed by atoms with van der Waals surface area (Å²) in [5, 5.41) is 11.5. The average Bonchev–Trinajstić information content (AvgIpc) is 2.82. The van der Waals surface area contributed by atoms with Crippen LogP contribution >= 0.6 is 15.9 Å². The molecule has 1 aromatic heterocycles. The Morgan fingerprint density at radius 2 is 1.83 bits per heavy atom. The molecule has 0 aliphatic carbocycles. The Balaban J connectivity index is 1.79. The molecule has 3 rings (SSSR count). The summed E-state index contributed by atoms with van der Waals surface area (Å²) < 4.78 is 2.91. The molecule has 0 radical (unpaired) electrons. The number of rotatable bonds is 3. The van der Waals surface area contributed by atoms with Crippen molar-refractivity contribution < 1.29 is 0 Å². The molecule has 3 aromatic rings. The second-order valence-corrected chi connectivity index (χ2v) is 4.84. The summed E-state index contributed by atoms with van der Waals surface area (Å²) in [6.45, 7) is 0.599. The highest BCUT2D eigenvalue weighted by Crippen LogP contribution is 2.15. The van der Waals surface area contributed by atoms with E-state index >= 15 is 0 Å². The van der Waals surface area contributed by atoms with Gasteiger partial charge in [0.1, 0.15) is 12.2 Å². The number of fused-ring (bicyclic) bond motifs is 1. The van der Waals surface area contributed by atoms with Gasteiger partial charge in [-0.2, -0.15) is 0 Å². The van der Waals surface area contributed by atoms with Gasteiger partial charge in [0.05, 0.1) is 5.52 Å². The minimum Gasteiger partial charge on any atom is -0.366 e. The Hall–Kier alpha value is -1.88. The highest BCUT2D eigenvalue weighted by atomic mass is 79.9. The molecule has 0 atom stereocenters. The summed E-state index contributed by atoms with van der Waals surface area (Å²) in [5.41, 5.74) is 3.00. The van der Waals surface area contributed by atoms with Gasteiger partial charge < -0.3 is 5.32 Å². The molecular formula is C13H11BrN4. The van der Waals surface area contributed by atoms with Gasteiger partial charge in [-0.3, -0.25) is 0 Å². The normalized spacial score (nSPS) is 10.7. The van der Waals surface area contributed by atoms with E-state index in [4.69, 9.17) is 0 Å². The molecule has 5 heteroatoms. The van der Waals surface area contributed by atoms with Gasteiger partial charge >= 0.3 is 0 Å². The number of aromatic nitrogens is 3. The lowest BCUT2D eigenvalue weighted by atomic mass is 10.3. The summed E-state index contributed by atoms with van der Waals surface area (Å²) in [5.74, 6) is 0. The van der Waals surface area contributed by atoms with Crippen LogP contribution in [-0.4, -0.2) is 15.0 Å². The maximum absolute atomic E-state index is 4.12. The van der Waals surface area contributed by atoms with Crippen LogP contribution in [0.25, 0.3) is 11.0 Å². The third kappa shape index (κ3) is 2.22. The number of anilines is 1. The number of halogens is 1. The highest BCUT2D eigenvalue weighted by Gasteiger charge is 2.02. The first-order valence-electron chi connectivity index (χ1n) is 5.60. The molecule has 0 aliphatic rings. The Kier molecular flexibility index (Phi) is 2.98. The smallest absolute Gasteiger partial charge is 0.113 e. The summed E-state index contributed by atoms with van der Waals surface area (Å²) in [6.07, 6.45) is 0. The zero-order valence-corrected chi connectivity index (χ0v) is 11.1. The molecule has 90 valence electrons. The van der Waals surface area contributed by atoms with Crippen molar-refractivity contribution in [1.82, 2.24) is 15.0 Å². The molecule has 0 spiro atoms. The van der Waals surface area contributed by atoms with E-state index in [1.165, 1.54) is 0 Å². The van der Waals surface area contributed by atoms with Gasteiger partial charge in [0, 0.05) is 10.2 Å². The number of benzene rings is 2. The first-order valence-corrected chi connectivity index (χ1v) is 6.40. The molecule has 0 amide bonds. The van der Waals surface area contributed by atoms with E-state index in [1.54, 1.807) is 0 Å². The van der Waals surface area contributed by atoms with Crippen LogP contribution in [0.5, 0.6) is 0 Å². The summed E-state index contributed by atoms with van der Waals surface area (Å²) in [4.78, 5) is 0. The topological polar surface area (TPSA) is 42.7 Å². The number of hydrogen-bond donors (Lipinski definition) is 1. The first-order chi connectivity index (χ1) is 8.83. The predicted octanol–water partition coefficient (Wildman–Crippen LogP) is 3.26. The molecule has 18 heavy (non-hydrogen) atoms. The van der Waals surface area contributed by atoms with Crippen molar-refractivity contribution in [2.45, 2.75) is 6.67 Å². The fourth-order valence-electron chi connectivity index (χ4n) is 1.77. The molecule has 1 N–H and O–H groups in total. The molecule has 0 saturated carbocycles. The van der Waals surface area contributed by atoms with Gasteiger partial charge in [0.25, 0.3) is 0 Å². The molecule has 2 aromatic carbocycles. The van der Waals surface area contributed by atoms with E-state index in [1.807, 2.05) is 53.2 Å². The van der Waals surface area contributed by atoms with Crippen molar-refractivity contribution in [2.24, 2.45) is 0 Å². The van der Waals surface area contributed by atoms with Gasteiger partial charge in [0.2, 0.25) is 0 Å². The number of para-hydroxylation sites is 1. The van der Waals surface area contributed by atoms with Crippen LogP contribution in [0, 0.1) is 0 Å². The van der Waals surface area contributed by atoms with Crippen LogP contribution in [0.1, 0.15) is 0 Å². The third-order valence-corrected chi connectivity index (χ3v) is 3.23. The van der Waals surface area contributed by atoms with Crippen LogP contribution < -0.4 is 5.32 Å². The van der Waals surface area contributed by atoms with Gasteiger partial charge in [0.15, 0.2) is 0 Å². The molecular weight excluding hydrogens is 292 g/mol. The quantitative estimate of drug-likeness (QED) is 0.807. The van der Waals surface area contributed by atoms with Crippen LogP contribution in [0.2, 0.25) is 0 Å². The van der Waals surface area contributed by atoms with Crippen molar-refractivity contribution >= 4 is 32.7 Å². The Morgan fingerprint density at radius 3 is 2.67 bits per heavy atom. The lowest BCUT2D eigenvalue weighted by Crippen LogP contribution is -2.09. The van der Waals surface area contributed by atoms with Crippen LogP contribution in [0.3, 0.4) is 0 Å². The number of nitrogens with zero attached hydrogens (tertiary/aromatic N) is 3. The fraction of sp³-hybridized carbons (Fsp3) is 0.0769. The SMILES string of the molecule is Brc1ccc(NCn2nnc3ccccc32)cc1. The van der Waals surface area contributed by atoms with Crippen molar-refractivity contribution in [3.05, 3.63) is 53.0 Å². The van der Waals surface area contributed by atoms with Gasteiger partial charge in [-0.25, -0.2) is 4.68 Å². The van der Waals surface area contributed by atoms with Crippen LogP contribution in [0.15, 0.2) is 53.0 Å². The molecule has 0 fully saturated rings. The van der Waals surface area contributed by atoms with Gasteiger partial charge in [-0.15, -0.1) is 5.10 Å². The van der Waals surface area contributed by atoms with Crippen molar-refractivity contribution in [2.75, 3.05) is 5.32 Å². The molecule has 1 heterocycles. The second kappa shape index (κ2) is 4.78. The third-order valence-electron chi connectivity index (χ3n) is 2.70. The zero-order valence-electron chi connectivity index (χ0n) is 9.55. The van der Waals surface area contributed by atoms with Crippen molar-refractivity contribution in [3.8, 4) is 0 Å². The minimum atomic E-state index is 0.599. The Morgan fingerprint density at radius 1 is 1.06 bits per heavy atom. The average molecular weight is 303 g/mol. The van der Waals surface area contributed by atoms with Crippen LogP contribution in [-0.2, 0) is 6.67 Å². The predicted molar refractivity (Wildman–Crippen MR) is 75.3 cm³/mol. The molecule has 0 aliphatic heterocycles. The lowest BCUT2D eigenvalue weighted by Gasteiger charge is -2.06. The van der Waals surface area contributed by atoms with E-state index in [0.717, 1.165) is 21.2 Å². The Labute approximate surface area is 113 Å².